The zero-order valence-corrected chi connectivity index (χ0v) is 16.8. The van der Waals surface area contributed by atoms with Crippen LogP contribution < -0.4 is 0 Å². The summed E-state index contributed by atoms with van der Waals surface area (Å²) in [6, 6.07) is 16.7. The van der Waals surface area contributed by atoms with E-state index < -0.39 is 21.8 Å². The second-order valence-electron chi connectivity index (χ2n) is 7.28. The van der Waals surface area contributed by atoms with Crippen molar-refractivity contribution in [2.45, 2.75) is 6.54 Å². The highest BCUT2D eigenvalue weighted by Gasteiger charge is 2.36. The van der Waals surface area contributed by atoms with Crippen LogP contribution in [0, 0.1) is 0 Å². The summed E-state index contributed by atoms with van der Waals surface area (Å²) in [4.78, 5) is 28.1. The number of carbonyl (C=O) groups is 2. The first-order chi connectivity index (χ1) is 14.0. The van der Waals surface area contributed by atoms with Crippen LogP contribution in [-0.4, -0.2) is 72.8 Å². The van der Waals surface area contributed by atoms with E-state index in [0.29, 0.717) is 37.3 Å². The van der Waals surface area contributed by atoms with Gasteiger partial charge in [-0.15, -0.1) is 0 Å². The summed E-state index contributed by atoms with van der Waals surface area (Å²) in [6.07, 6.45) is 0. The molecule has 0 aliphatic carbocycles. The van der Waals surface area contributed by atoms with Crippen molar-refractivity contribution >= 4 is 21.8 Å². The van der Waals surface area contributed by atoms with Gasteiger partial charge in [-0.3, -0.25) is 19.4 Å². The predicted molar refractivity (Wildman–Crippen MR) is 109 cm³/mol. The molecule has 2 heterocycles. The Morgan fingerprint density at radius 1 is 0.759 bits per heavy atom. The highest BCUT2D eigenvalue weighted by Crippen LogP contribution is 2.22. The standard InChI is InChI=1S/C21H23N3O4S/c25-20-18-8-4-5-9-19(18)21(26)24(20)14-15-29(27,28)23-12-10-22(11-13-23)16-17-6-2-1-3-7-17/h1-9H,10-16H2. The van der Waals surface area contributed by atoms with Crippen molar-refractivity contribution in [3.05, 3.63) is 71.3 Å². The Hall–Kier alpha value is -2.55. The Labute approximate surface area is 170 Å². The Balaban J connectivity index is 1.32. The van der Waals surface area contributed by atoms with E-state index in [0.717, 1.165) is 11.4 Å². The molecule has 1 saturated heterocycles. The van der Waals surface area contributed by atoms with Crippen LogP contribution in [0.5, 0.6) is 0 Å². The van der Waals surface area contributed by atoms with Crippen molar-refractivity contribution in [3.63, 3.8) is 0 Å². The van der Waals surface area contributed by atoms with E-state index in [1.165, 1.54) is 9.87 Å². The summed E-state index contributed by atoms with van der Waals surface area (Å²) in [6.45, 7) is 2.81. The first kappa shape index (κ1) is 19.8. The van der Waals surface area contributed by atoms with Crippen LogP contribution in [0.25, 0.3) is 0 Å². The molecule has 0 radical (unpaired) electrons. The smallest absolute Gasteiger partial charge is 0.261 e. The Morgan fingerprint density at radius 2 is 1.31 bits per heavy atom. The fourth-order valence-electron chi connectivity index (χ4n) is 3.79. The van der Waals surface area contributed by atoms with Crippen LogP contribution in [0.1, 0.15) is 26.3 Å². The first-order valence-corrected chi connectivity index (χ1v) is 11.3. The van der Waals surface area contributed by atoms with Crippen molar-refractivity contribution in [2.24, 2.45) is 0 Å². The Morgan fingerprint density at radius 3 is 1.90 bits per heavy atom. The quantitative estimate of drug-likeness (QED) is 0.670. The van der Waals surface area contributed by atoms with Gasteiger partial charge in [0.05, 0.1) is 16.9 Å². The molecular formula is C21H23N3O4S. The number of piperazine rings is 1. The lowest BCUT2D eigenvalue weighted by Gasteiger charge is -2.34. The van der Waals surface area contributed by atoms with Gasteiger partial charge in [0.2, 0.25) is 10.0 Å². The number of hydrogen-bond acceptors (Lipinski definition) is 5. The second kappa shape index (κ2) is 8.06. The highest BCUT2D eigenvalue weighted by molar-refractivity contribution is 7.89. The predicted octanol–water partition coefficient (Wildman–Crippen LogP) is 1.43. The van der Waals surface area contributed by atoms with Gasteiger partial charge >= 0.3 is 0 Å². The minimum Gasteiger partial charge on any atom is -0.296 e. The Bertz CT molecular complexity index is 980. The molecule has 0 bridgehead atoms. The second-order valence-corrected chi connectivity index (χ2v) is 9.37. The molecule has 2 aliphatic rings. The number of nitrogens with zero attached hydrogens (tertiary/aromatic N) is 3. The lowest BCUT2D eigenvalue weighted by molar-refractivity contribution is 0.0663. The molecular weight excluding hydrogens is 390 g/mol. The van der Waals surface area contributed by atoms with Crippen molar-refractivity contribution in [1.82, 2.24) is 14.1 Å². The van der Waals surface area contributed by atoms with Gasteiger partial charge in [-0.1, -0.05) is 42.5 Å². The summed E-state index contributed by atoms with van der Waals surface area (Å²) in [5, 5.41) is 0. The maximum absolute atomic E-state index is 12.8. The maximum Gasteiger partial charge on any atom is 0.261 e. The number of rotatable bonds is 6. The third-order valence-corrected chi connectivity index (χ3v) is 7.28. The molecule has 2 aromatic carbocycles. The number of amides is 2. The summed E-state index contributed by atoms with van der Waals surface area (Å²) in [5.74, 6) is -1.10. The number of hydrogen-bond donors (Lipinski definition) is 0. The van der Waals surface area contributed by atoms with Gasteiger partial charge in [0.1, 0.15) is 0 Å². The Kier molecular flexibility index (Phi) is 5.49. The largest absolute Gasteiger partial charge is 0.296 e. The summed E-state index contributed by atoms with van der Waals surface area (Å²) in [5.41, 5.74) is 1.88. The molecule has 8 heteroatoms. The van der Waals surface area contributed by atoms with Crippen LogP contribution in [-0.2, 0) is 16.6 Å². The van der Waals surface area contributed by atoms with Gasteiger partial charge in [0.25, 0.3) is 11.8 Å². The SMILES string of the molecule is O=C1c2ccccc2C(=O)N1CCS(=O)(=O)N1CCN(Cc2ccccc2)CC1. The minimum atomic E-state index is -3.54. The molecule has 0 N–H and O–H groups in total. The van der Waals surface area contributed by atoms with Gasteiger partial charge in [-0.25, -0.2) is 8.42 Å². The molecule has 2 aliphatic heterocycles. The monoisotopic (exact) mass is 413 g/mol. The van der Waals surface area contributed by atoms with Crippen molar-refractivity contribution in [2.75, 3.05) is 38.5 Å². The molecule has 2 amide bonds. The van der Waals surface area contributed by atoms with E-state index in [1.807, 2.05) is 18.2 Å². The number of benzene rings is 2. The van der Waals surface area contributed by atoms with Gasteiger partial charge in [-0.05, 0) is 17.7 Å². The van der Waals surface area contributed by atoms with Gasteiger partial charge in [0, 0.05) is 39.3 Å². The van der Waals surface area contributed by atoms with Crippen molar-refractivity contribution < 1.29 is 18.0 Å². The minimum absolute atomic E-state index is 0.126. The normalized spacial score (nSPS) is 18.3. The third-order valence-electron chi connectivity index (χ3n) is 5.42. The average Bonchev–Trinajstić information content (AvgIpc) is 2.98. The molecule has 0 unspecified atom stereocenters. The van der Waals surface area contributed by atoms with Crippen LogP contribution in [0.4, 0.5) is 0 Å². The van der Waals surface area contributed by atoms with E-state index in [2.05, 4.69) is 17.0 Å². The molecule has 7 nitrogen and oxygen atoms in total. The van der Waals surface area contributed by atoms with Crippen LogP contribution >= 0.6 is 0 Å². The number of fused-ring (bicyclic) bond motifs is 1. The highest BCUT2D eigenvalue weighted by atomic mass is 32.2. The average molecular weight is 413 g/mol. The van der Waals surface area contributed by atoms with Gasteiger partial charge in [0.15, 0.2) is 0 Å². The molecule has 1 fully saturated rings. The fourth-order valence-corrected chi connectivity index (χ4v) is 5.18. The van der Waals surface area contributed by atoms with Crippen LogP contribution in [0.3, 0.4) is 0 Å². The first-order valence-electron chi connectivity index (χ1n) is 9.65. The van der Waals surface area contributed by atoms with E-state index in [9.17, 15) is 18.0 Å². The number of imide groups is 1. The number of carbonyl (C=O) groups excluding carboxylic acids is 2. The molecule has 0 atom stereocenters. The summed E-state index contributed by atoms with van der Waals surface area (Å²) >= 11 is 0. The maximum atomic E-state index is 12.8. The summed E-state index contributed by atoms with van der Waals surface area (Å²) in [7, 11) is -3.54. The molecule has 152 valence electrons. The van der Waals surface area contributed by atoms with Gasteiger partial charge < -0.3 is 0 Å². The summed E-state index contributed by atoms with van der Waals surface area (Å²) < 4.78 is 27.0. The third kappa shape index (κ3) is 4.10. The van der Waals surface area contributed by atoms with Crippen LogP contribution in [0.15, 0.2) is 54.6 Å². The topological polar surface area (TPSA) is 78.0 Å². The molecule has 2 aromatic rings. The van der Waals surface area contributed by atoms with Crippen molar-refractivity contribution in [1.29, 1.82) is 0 Å². The molecule has 0 spiro atoms. The fraction of sp³-hybridized carbons (Fsp3) is 0.333. The van der Waals surface area contributed by atoms with E-state index in [-0.39, 0.29) is 12.3 Å². The van der Waals surface area contributed by atoms with E-state index in [1.54, 1.807) is 24.3 Å². The lowest BCUT2D eigenvalue weighted by Crippen LogP contribution is -2.50. The molecule has 0 saturated carbocycles. The zero-order chi connectivity index (χ0) is 20.4. The van der Waals surface area contributed by atoms with Crippen LogP contribution in [0.2, 0.25) is 0 Å². The zero-order valence-electron chi connectivity index (χ0n) is 16.0. The van der Waals surface area contributed by atoms with E-state index >= 15 is 0 Å². The van der Waals surface area contributed by atoms with Crippen molar-refractivity contribution in [3.8, 4) is 0 Å². The van der Waals surface area contributed by atoms with Gasteiger partial charge in [-0.2, -0.15) is 4.31 Å². The molecule has 0 aromatic heterocycles. The molecule has 4 rings (SSSR count). The lowest BCUT2D eigenvalue weighted by atomic mass is 10.1. The number of sulfonamides is 1. The molecule has 29 heavy (non-hydrogen) atoms. The van der Waals surface area contributed by atoms with E-state index in [4.69, 9.17) is 0 Å².